The molecule has 0 aromatic heterocycles. The molecule has 1 rings (SSSR count). The van der Waals surface area contributed by atoms with Gasteiger partial charge in [-0.25, -0.2) is 4.79 Å². The van der Waals surface area contributed by atoms with Crippen molar-refractivity contribution in [2.24, 2.45) is 17.8 Å². The van der Waals surface area contributed by atoms with E-state index in [9.17, 15) is 9.59 Å². The summed E-state index contributed by atoms with van der Waals surface area (Å²) >= 11 is 0. The maximum absolute atomic E-state index is 12.1. The smallest absolute Gasteiger partial charge is 0.317 e. The Morgan fingerprint density at radius 3 is 2.55 bits per heavy atom. The largest absolute Gasteiger partial charge is 0.481 e. The average molecular weight is 284 g/mol. The van der Waals surface area contributed by atoms with E-state index in [1.54, 1.807) is 4.90 Å². The van der Waals surface area contributed by atoms with Crippen molar-refractivity contribution in [1.29, 1.82) is 0 Å². The molecule has 1 aliphatic heterocycles. The topological polar surface area (TPSA) is 69.6 Å². The van der Waals surface area contributed by atoms with E-state index in [0.29, 0.717) is 25.6 Å². The van der Waals surface area contributed by atoms with Crippen molar-refractivity contribution in [2.45, 2.75) is 46.5 Å². The summed E-state index contributed by atoms with van der Waals surface area (Å²) in [5.74, 6) is -0.681. The number of unbranched alkanes of at least 4 members (excludes halogenated alkanes) is 1. The van der Waals surface area contributed by atoms with Gasteiger partial charge in [-0.3, -0.25) is 4.79 Å². The number of likely N-dealkylation sites (tertiary alicyclic amines) is 1. The Morgan fingerprint density at radius 2 is 2.05 bits per heavy atom. The Kier molecular flexibility index (Phi) is 6.82. The second kappa shape index (κ2) is 8.12. The van der Waals surface area contributed by atoms with Gasteiger partial charge in [0.05, 0.1) is 5.92 Å². The Hall–Kier alpha value is -1.26. The van der Waals surface area contributed by atoms with Gasteiger partial charge in [0.25, 0.3) is 0 Å². The van der Waals surface area contributed by atoms with Crippen molar-refractivity contribution < 1.29 is 14.7 Å². The van der Waals surface area contributed by atoms with Gasteiger partial charge in [0.15, 0.2) is 0 Å². The molecule has 1 heterocycles. The van der Waals surface area contributed by atoms with E-state index in [0.717, 1.165) is 12.8 Å². The molecule has 0 aromatic carbocycles. The van der Waals surface area contributed by atoms with Gasteiger partial charge in [0.2, 0.25) is 0 Å². The summed E-state index contributed by atoms with van der Waals surface area (Å²) in [6, 6.07) is -0.115. The number of nitrogens with one attached hydrogen (secondary N) is 1. The molecule has 0 aromatic rings. The third kappa shape index (κ3) is 4.69. The third-order valence-electron chi connectivity index (χ3n) is 4.30. The molecule has 0 radical (unpaired) electrons. The van der Waals surface area contributed by atoms with Crippen LogP contribution in [0.2, 0.25) is 0 Å². The molecular formula is C15H28N2O3. The zero-order chi connectivity index (χ0) is 15.1. The molecule has 0 saturated carbocycles. The van der Waals surface area contributed by atoms with E-state index in [4.69, 9.17) is 5.11 Å². The molecule has 0 aliphatic carbocycles. The van der Waals surface area contributed by atoms with Crippen LogP contribution < -0.4 is 5.32 Å². The minimum absolute atomic E-state index is 0.0281. The maximum Gasteiger partial charge on any atom is 0.317 e. The zero-order valence-corrected chi connectivity index (χ0v) is 12.9. The molecule has 1 saturated heterocycles. The van der Waals surface area contributed by atoms with Crippen molar-refractivity contribution in [1.82, 2.24) is 10.2 Å². The lowest BCUT2D eigenvalue weighted by molar-refractivity contribution is -0.142. The van der Waals surface area contributed by atoms with Gasteiger partial charge in [0.1, 0.15) is 0 Å². The SMILES string of the molecule is CCCCC(CC)CNC(=O)N1CC(C)C(C(=O)O)C1. The van der Waals surface area contributed by atoms with Crippen LogP contribution in [0.3, 0.4) is 0 Å². The molecule has 0 spiro atoms. The summed E-state index contributed by atoms with van der Waals surface area (Å²) in [5.41, 5.74) is 0. The summed E-state index contributed by atoms with van der Waals surface area (Å²) in [6.45, 7) is 7.76. The van der Waals surface area contributed by atoms with Crippen LogP contribution in [-0.2, 0) is 4.79 Å². The Labute approximate surface area is 121 Å². The first kappa shape index (κ1) is 16.8. The molecule has 2 amide bonds. The highest BCUT2D eigenvalue weighted by atomic mass is 16.4. The van der Waals surface area contributed by atoms with Gasteiger partial charge < -0.3 is 15.3 Å². The summed E-state index contributed by atoms with van der Waals surface area (Å²) in [6.07, 6.45) is 4.57. The number of amides is 2. The predicted molar refractivity (Wildman–Crippen MR) is 78.6 cm³/mol. The molecule has 1 fully saturated rings. The lowest BCUT2D eigenvalue weighted by Crippen LogP contribution is -2.41. The number of carbonyl (C=O) groups excluding carboxylic acids is 1. The van der Waals surface area contributed by atoms with Gasteiger partial charge in [-0.1, -0.05) is 40.0 Å². The van der Waals surface area contributed by atoms with Crippen LogP contribution in [0.4, 0.5) is 4.79 Å². The molecular weight excluding hydrogens is 256 g/mol. The van der Waals surface area contributed by atoms with Crippen molar-refractivity contribution in [3.05, 3.63) is 0 Å². The first-order valence-electron chi connectivity index (χ1n) is 7.75. The highest BCUT2D eigenvalue weighted by Crippen LogP contribution is 2.23. The first-order valence-corrected chi connectivity index (χ1v) is 7.75. The summed E-state index contributed by atoms with van der Waals surface area (Å²) in [7, 11) is 0. The van der Waals surface area contributed by atoms with Gasteiger partial charge in [-0.05, 0) is 18.3 Å². The minimum Gasteiger partial charge on any atom is -0.481 e. The lowest BCUT2D eigenvalue weighted by atomic mass is 9.99. The van der Waals surface area contributed by atoms with Gasteiger partial charge in [0, 0.05) is 19.6 Å². The summed E-state index contributed by atoms with van der Waals surface area (Å²) in [5, 5.41) is 12.0. The normalized spacial score (nSPS) is 23.6. The molecule has 116 valence electrons. The Balaban J connectivity index is 2.38. The second-order valence-electron chi connectivity index (χ2n) is 5.93. The lowest BCUT2D eigenvalue weighted by Gasteiger charge is -2.20. The summed E-state index contributed by atoms with van der Waals surface area (Å²) in [4.78, 5) is 24.8. The number of carbonyl (C=O) groups is 2. The zero-order valence-electron chi connectivity index (χ0n) is 12.9. The fourth-order valence-corrected chi connectivity index (χ4v) is 2.74. The number of aliphatic carboxylic acids is 1. The van der Waals surface area contributed by atoms with Crippen LogP contribution in [0.1, 0.15) is 46.5 Å². The van der Waals surface area contributed by atoms with E-state index < -0.39 is 11.9 Å². The van der Waals surface area contributed by atoms with E-state index in [1.165, 1.54) is 12.8 Å². The fourth-order valence-electron chi connectivity index (χ4n) is 2.74. The van der Waals surface area contributed by atoms with Crippen LogP contribution in [0, 0.1) is 17.8 Å². The highest BCUT2D eigenvalue weighted by Gasteiger charge is 2.36. The second-order valence-corrected chi connectivity index (χ2v) is 5.93. The van der Waals surface area contributed by atoms with Crippen LogP contribution in [0.25, 0.3) is 0 Å². The number of carboxylic acids is 1. The molecule has 3 unspecified atom stereocenters. The maximum atomic E-state index is 12.1. The molecule has 1 aliphatic rings. The van der Waals surface area contributed by atoms with Gasteiger partial charge >= 0.3 is 12.0 Å². The Morgan fingerprint density at radius 1 is 1.35 bits per heavy atom. The molecule has 5 nitrogen and oxygen atoms in total. The van der Waals surface area contributed by atoms with Crippen LogP contribution in [0.15, 0.2) is 0 Å². The van der Waals surface area contributed by atoms with Crippen molar-refractivity contribution in [3.8, 4) is 0 Å². The molecule has 0 bridgehead atoms. The van der Waals surface area contributed by atoms with E-state index in [2.05, 4.69) is 19.2 Å². The number of nitrogens with zero attached hydrogens (tertiary/aromatic N) is 1. The van der Waals surface area contributed by atoms with E-state index in [-0.39, 0.29) is 11.9 Å². The first-order chi connectivity index (χ1) is 9.49. The molecule has 2 N–H and O–H groups in total. The third-order valence-corrected chi connectivity index (χ3v) is 4.30. The average Bonchev–Trinajstić information content (AvgIpc) is 2.81. The van der Waals surface area contributed by atoms with E-state index >= 15 is 0 Å². The molecule has 3 atom stereocenters. The quantitative estimate of drug-likeness (QED) is 0.755. The summed E-state index contributed by atoms with van der Waals surface area (Å²) < 4.78 is 0. The van der Waals surface area contributed by atoms with Crippen molar-refractivity contribution in [3.63, 3.8) is 0 Å². The molecule has 20 heavy (non-hydrogen) atoms. The minimum atomic E-state index is -0.804. The van der Waals surface area contributed by atoms with E-state index in [1.807, 2.05) is 6.92 Å². The monoisotopic (exact) mass is 284 g/mol. The number of carboxylic acid groups (broad SMARTS) is 1. The van der Waals surface area contributed by atoms with Crippen LogP contribution in [0.5, 0.6) is 0 Å². The number of urea groups is 1. The van der Waals surface area contributed by atoms with Gasteiger partial charge in [-0.2, -0.15) is 0 Å². The van der Waals surface area contributed by atoms with Crippen LogP contribution >= 0.6 is 0 Å². The Bertz CT molecular complexity index is 333. The predicted octanol–water partition coefficient (Wildman–Crippen LogP) is 2.56. The molecule has 5 heteroatoms. The fraction of sp³-hybridized carbons (Fsp3) is 0.867. The van der Waals surface area contributed by atoms with Crippen molar-refractivity contribution >= 4 is 12.0 Å². The van der Waals surface area contributed by atoms with Gasteiger partial charge in [-0.15, -0.1) is 0 Å². The standard InChI is InChI=1S/C15H28N2O3/c1-4-6-7-12(5-2)8-16-15(20)17-9-11(3)13(10-17)14(18)19/h11-13H,4-10H2,1-3H3,(H,16,20)(H,18,19). The van der Waals surface area contributed by atoms with Crippen LogP contribution in [-0.4, -0.2) is 41.6 Å². The van der Waals surface area contributed by atoms with Crippen molar-refractivity contribution in [2.75, 3.05) is 19.6 Å². The number of hydrogen-bond acceptors (Lipinski definition) is 2. The number of rotatable bonds is 7. The highest BCUT2D eigenvalue weighted by molar-refractivity contribution is 5.77. The number of hydrogen-bond donors (Lipinski definition) is 2.